The second-order valence-corrected chi connectivity index (χ2v) is 7.46. The zero-order chi connectivity index (χ0) is 20.2. The zero-order valence-corrected chi connectivity index (χ0v) is 16.7. The van der Waals surface area contributed by atoms with Crippen LogP contribution in [0.5, 0.6) is 0 Å². The second kappa shape index (κ2) is 8.52. The van der Waals surface area contributed by atoms with Gasteiger partial charge in [0.1, 0.15) is 5.69 Å². The Morgan fingerprint density at radius 2 is 1.52 bits per heavy atom. The van der Waals surface area contributed by atoms with Gasteiger partial charge in [-0.25, -0.2) is 0 Å². The van der Waals surface area contributed by atoms with E-state index < -0.39 is 10.7 Å². The molecule has 0 bridgehead atoms. The minimum atomic E-state index is -1.13. The second-order valence-electron chi connectivity index (χ2n) is 6.36. The fourth-order valence-electron chi connectivity index (χ4n) is 3.06. The molecular formula is C23H16Cl2N2O2. The van der Waals surface area contributed by atoms with Gasteiger partial charge >= 0.3 is 0 Å². The molecule has 0 fully saturated rings. The number of rotatable bonds is 5. The molecule has 4 aromatic rings. The number of nitrogens with one attached hydrogen (secondary N) is 1. The van der Waals surface area contributed by atoms with Crippen LogP contribution in [-0.2, 0) is 4.79 Å². The van der Waals surface area contributed by atoms with E-state index in [9.17, 15) is 4.79 Å². The van der Waals surface area contributed by atoms with Crippen molar-refractivity contribution in [3.05, 3.63) is 84.9 Å². The minimum absolute atomic E-state index is 0.486. The minimum Gasteiger partial charge on any atom is -0.356 e. The van der Waals surface area contributed by atoms with E-state index in [0.29, 0.717) is 11.4 Å². The molecule has 144 valence electrons. The van der Waals surface area contributed by atoms with Crippen LogP contribution in [0.1, 0.15) is 0 Å². The van der Waals surface area contributed by atoms with Crippen LogP contribution in [0.3, 0.4) is 0 Å². The quantitative estimate of drug-likeness (QED) is 0.377. The van der Waals surface area contributed by atoms with Gasteiger partial charge in [0.05, 0.1) is 0 Å². The summed E-state index contributed by atoms with van der Waals surface area (Å²) in [4.78, 5) is 10.6. The van der Waals surface area contributed by atoms with Crippen molar-refractivity contribution in [1.82, 2.24) is 5.16 Å². The standard InChI is InChI=1S/C23H16Cl2N2O2/c24-22(25)23(28)26-17-10-6-9-16(13-17)21-14-20(27-29-21)19-12-5-4-11-18(19)15-7-2-1-3-8-15/h1-14,22H,(H,26,28). The van der Waals surface area contributed by atoms with Crippen molar-refractivity contribution in [2.24, 2.45) is 0 Å². The van der Waals surface area contributed by atoms with Crippen LogP contribution in [0.2, 0.25) is 0 Å². The molecule has 0 saturated heterocycles. The first-order valence-corrected chi connectivity index (χ1v) is 9.80. The Labute approximate surface area is 178 Å². The van der Waals surface area contributed by atoms with Gasteiger partial charge in [-0.15, -0.1) is 0 Å². The average molecular weight is 423 g/mol. The molecule has 0 unspecified atom stereocenters. The van der Waals surface area contributed by atoms with Crippen LogP contribution >= 0.6 is 23.2 Å². The van der Waals surface area contributed by atoms with Crippen LogP contribution in [-0.4, -0.2) is 15.9 Å². The molecule has 4 rings (SSSR count). The number of anilines is 1. The average Bonchev–Trinajstić information content (AvgIpc) is 3.25. The number of carbonyl (C=O) groups is 1. The molecule has 1 heterocycles. The van der Waals surface area contributed by atoms with E-state index in [0.717, 1.165) is 27.9 Å². The van der Waals surface area contributed by atoms with Gasteiger partial charge in [0, 0.05) is 22.9 Å². The van der Waals surface area contributed by atoms with Gasteiger partial charge in [-0.3, -0.25) is 4.79 Å². The van der Waals surface area contributed by atoms with Crippen LogP contribution in [0.15, 0.2) is 89.5 Å². The van der Waals surface area contributed by atoms with E-state index in [4.69, 9.17) is 27.7 Å². The van der Waals surface area contributed by atoms with Crippen molar-refractivity contribution in [1.29, 1.82) is 0 Å². The molecule has 0 aliphatic carbocycles. The lowest BCUT2D eigenvalue weighted by molar-refractivity contribution is -0.114. The van der Waals surface area contributed by atoms with Crippen molar-refractivity contribution in [3.63, 3.8) is 0 Å². The van der Waals surface area contributed by atoms with Crippen molar-refractivity contribution >= 4 is 34.8 Å². The van der Waals surface area contributed by atoms with E-state index in [2.05, 4.69) is 28.7 Å². The topological polar surface area (TPSA) is 55.1 Å². The normalized spacial score (nSPS) is 10.9. The van der Waals surface area contributed by atoms with Gasteiger partial charge in [-0.2, -0.15) is 0 Å². The molecular weight excluding hydrogens is 407 g/mol. The highest BCUT2D eigenvalue weighted by atomic mass is 35.5. The number of alkyl halides is 2. The van der Waals surface area contributed by atoms with Gasteiger partial charge in [-0.1, -0.05) is 95.1 Å². The van der Waals surface area contributed by atoms with Gasteiger partial charge in [0.15, 0.2) is 10.6 Å². The third-order valence-corrected chi connectivity index (χ3v) is 4.81. The predicted octanol–water partition coefficient (Wildman–Crippen LogP) is 6.42. The molecule has 4 nitrogen and oxygen atoms in total. The monoisotopic (exact) mass is 422 g/mol. The summed E-state index contributed by atoms with van der Waals surface area (Å²) in [7, 11) is 0. The molecule has 29 heavy (non-hydrogen) atoms. The number of nitrogens with zero attached hydrogens (tertiary/aromatic N) is 1. The van der Waals surface area contributed by atoms with Crippen LogP contribution in [0.4, 0.5) is 5.69 Å². The van der Waals surface area contributed by atoms with Crippen molar-refractivity contribution in [3.8, 4) is 33.7 Å². The molecule has 1 amide bonds. The fraction of sp³-hybridized carbons (Fsp3) is 0.0435. The lowest BCUT2D eigenvalue weighted by Crippen LogP contribution is -2.18. The van der Waals surface area contributed by atoms with Gasteiger partial charge in [-0.05, 0) is 23.3 Å². The van der Waals surface area contributed by atoms with Crippen LogP contribution < -0.4 is 5.32 Å². The summed E-state index contributed by atoms with van der Waals surface area (Å²) in [5.41, 5.74) is 5.24. The molecule has 0 aliphatic rings. The highest BCUT2D eigenvalue weighted by molar-refractivity contribution is 6.54. The number of amides is 1. The maximum absolute atomic E-state index is 11.7. The zero-order valence-electron chi connectivity index (χ0n) is 15.2. The highest BCUT2D eigenvalue weighted by Crippen LogP contribution is 2.34. The molecule has 6 heteroatoms. The van der Waals surface area contributed by atoms with Crippen LogP contribution in [0.25, 0.3) is 33.7 Å². The lowest BCUT2D eigenvalue weighted by atomic mass is 9.97. The van der Waals surface area contributed by atoms with Crippen LogP contribution in [0, 0.1) is 0 Å². The number of aromatic nitrogens is 1. The van der Waals surface area contributed by atoms with E-state index >= 15 is 0 Å². The summed E-state index contributed by atoms with van der Waals surface area (Å²) in [6, 6.07) is 27.3. The van der Waals surface area contributed by atoms with Crippen molar-refractivity contribution in [2.45, 2.75) is 4.84 Å². The Morgan fingerprint density at radius 1 is 0.828 bits per heavy atom. The predicted molar refractivity (Wildman–Crippen MR) is 117 cm³/mol. The molecule has 0 spiro atoms. The first-order chi connectivity index (χ1) is 14.1. The number of hydrogen-bond donors (Lipinski definition) is 1. The summed E-state index contributed by atoms with van der Waals surface area (Å²) < 4.78 is 5.59. The molecule has 1 aromatic heterocycles. The Balaban J connectivity index is 1.66. The van der Waals surface area contributed by atoms with Gasteiger partial charge < -0.3 is 9.84 Å². The van der Waals surface area contributed by atoms with E-state index in [1.165, 1.54) is 0 Å². The van der Waals surface area contributed by atoms with E-state index in [-0.39, 0.29) is 0 Å². The fourth-order valence-corrected chi connectivity index (χ4v) is 3.17. The maximum Gasteiger partial charge on any atom is 0.257 e. The third kappa shape index (κ3) is 4.34. The number of hydrogen-bond acceptors (Lipinski definition) is 3. The third-order valence-electron chi connectivity index (χ3n) is 4.41. The maximum atomic E-state index is 11.7. The Hall–Kier alpha value is -3.08. The summed E-state index contributed by atoms with van der Waals surface area (Å²) >= 11 is 11.2. The summed E-state index contributed by atoms with van der Waals surface area (Å²) in [5.74, 6) is 0.104. The molecule has 1 N–H and O–H groups in total. The Kier molecular flexibility index (Phi) is 5.65. The smallest absolute Gasteiger partial charge is 0.257 e. The Bertz CT molecular complexity index is 1140. The SMILES string of the molecule is O=C(Nc1cccc(-c2cc(-c3ccccc3-c3ccccc3)no2)c1)C(Cl)Cl. The summed E-state index contributed by atoms with van der Waals surface area (Å²) in [6.07, 6.45) is 0. The highest BCUT2D eigenvalue weighted by Gasteiger charge is 2.15. The molecule has 0 aliphatic heterocycles. The number of halogens is 2. The van der Waals surface area contributed by atoms with E-state index in [1.807, 2.05) is 54.6 Å². The molecule has 0 saturated carbocycles. The van der Waals surface area contributed by atoms with Crippen molar-refractivity contribution in [2.75, 3.05) is 5.32 Å². The van der Waals surface area contributed by atoms with Gasteiger partial charge in [0.25, 0.3) is 5.91 Å². The first kappa shape index (κ1) is 19.2. The summed E-state index contributed by atoms with van der Waals surface area (Å²) in [5, 5.41) is 6.92. The van der Waals surface area contributed by atoms with E-state index in [1.54, 1.807) is 12.1 Å². The summed E-state index contributed by atoms with van der Waals surface area (Å²) in [6.45, 7) is 0. The van der Waals surface area contributed by atoms with Crippen molar-refractivity contribution < 1.29 is 9.32 Å². The first-order valence-electron chi connectivity index (χ1n) is 8.93. The molecule has 3 aromatic carbocycles. The molecule has 0 atom stereocenters. The lowest BCUT2D eigenvalue weighted by Gasteiger charge is -2.07. The Morgan fingerprint density at radius 3 is 2.28 bits per heavy atom. The number of benzene rings is 3. The van der Waals surface area contributed by atoms with Gasteiger partial charge in [0.2, 0.25) is 0 Å². The number of carbonyl (C=O) groups excluding carboxylic acids is 1. The molecule has 0 radical (unpaired) electrons. The largest absolute Gasteiger partial charge is 0.356 e.